The zero-order valence-electron chi connectivity index (χ0n) is 13.4. The zero-order valence-corrected chi connectivity index (χ0v) is 14.2. The average Bonchev–Trinajstić information content (AvgIpc) is 3.20. The van der Waals surface area contributed by atoms with Gasteiger partial charge in [0.05, 0.1) is 0 Å². The van der Waals surface area contributed by atoms with Gasteiger partial charge in [-0.3, -0.25) is 20.4 Å². The van der Waals surface area contributed by atoms with Crippen LogP contribution in [0, 0.1) is 0 Å². The molecule has 2 amide bonds. The Bertz CT molecular complexity index is 831. The van der Waals surface area contributed by atoms with Crippen LogP contribution in [0.25, 0.3) is 0 Å². The van der Waals surface area contributed by atoms with E-state index in [2.05, 4.69) is 28.0 Å². The maximum atomic E-state index is 12.1. The third-order valence-electron chi connectivity index (χ3n) is 3.50. The lowest BCUT2D eigenvalue weighted by molar-refractivity contribution is 0.0844. The molecule has 0 bridgehead atoms. The van der Waals surface area contributed by atoms with Gasteiger partial charge >= 0.3 is 0 Å². The summed E-state index contributed by atoms with van der Waals surface area (Å²) in [7, 11) is 0. The summed E-state index contributed by atoms with van der Waals surface area (Å²) in [6.07, 6.45) is 1.64. The largest absolute Gasteiger partial charge is 0.357 e. The van der Waals surface area contributed by atoms with Crippen LogP contribution in [-0.2, 0) is 5.75 Å². The normalized spacial score (nSPS) is 10.2. The third kappa shape index (κ3) is 4.74. The lowest BCUT2D eigenvalue weighted by Gasteiger charge is -2.07. The molecule has 3 aromatic rings. The van der Waals surface area contributed by atoms with E-state index >= 15 is 0 Å². The van der Waals surface area contributed by atoms with Gasteiger partial charge in [-0.05, 0) is 42.0 Å². The minimum absolute atomic E-state index is 0.362. The Morgan fingerprint density at radius 2 is 1.56 bits per heavy atom. The molecule has 0 spiro atoms. The molecule has 25 heavy (non-hydrogen) atoms. The van der Waals surface area contributed by atoms with Crippen molar-refractivity contribution in [2.45, 2.75) is 10.6 Å². The van der Waals surface area contributed by atoms with E-state index < -0.39 is 5.91 Å². The monoisotopic (exact) mass is 351 g/mol. The van der Waals surface area contributed by atoms with Crippen molar-refractivity contribution in [1.82, 2.24) is 15.8 Å². The summed E-state index contributed by atoms with van der Waals surface area (Å²) in [5, 5.41) is 0. The fraction of sp³-hybridized carbons (Fsp3) is 0.0526. The van der Waals surface area contributed by atoms with Gasteiger partial charge in [0.1, 0.15) is 5.69 Å². The molecular formula is C19H17N3O2S. The first-order valence-corrected chi connectivity index (χ1v) is 8.72. The van der Waals surface area contributed by atoms with E-state index in [0.717, 1.165) is 10.6 Å². The smallest absolute Gasteiger partial charge is 0.286 e. The number of aromatic amines is 1. The van der Waals surface area contributed by atoms with Gasteiger partial charge in [0.2, 0.25) is 0 Å². The number of benzene rings is 2. The van der Waals surface area contributed by atoms with Gasteiger partial charge in [-0.15, -0.1) is 11.8 Å². The Balaban J connectivity index is 1.51. The Labute approximate surface area is 149 Å². The van der Waals surface area contributed by atoms with Crippen LogP contribution in [0.15, 0.2) is 77.8 Å². The molecule has 126 valence electrons. The van der Waals surface area contributed by atoms with Crippen molar-refractivity contribution in [3.05, 3.63) is 89.7 Å². The van der Waals surface area contributed by atoms with Gasteiger partial charge in [-0.25, -0.2) is 0 Å². The molecule has 3 N–H and O–H groups in total. The van der Waals surface area contributed by atoms with Crippen LogP contribution >= 0.6 is 11.8 Å². The number of hydrogen-bond donors (Lipinski definition) is 3. The number of carbonyl (C=O) groups is 2. The van der Waals surface area contributed by atoms with Gasteiger partial charge in [0.25, 0.3) is 11.8 Å². The molecule has 3 rings (SSSR count). The van der Waals surface area contributed by atoms with Crippen LogP contribution in [0.4, 0.5) is 0 Å². The van der Waals surface area contributed by atoms with Gasteiger partial charge in [0, 0.05) is 22.4 Å². The first-order valence-electron chi connectivity index (χ1n) is 7.73. The number of nitrogens with one attached hydrogen (secondary N) is 3. The molecule has 0 aliphatic carbocycles. The molecule has 1 heterocycles. The lowest BCUT2D eigenvalue weighted by atomic mass is 10.2. The fourth-order valence-corrected chi connectivity index (χ4v) is 3.02. The predicted octanol–water partition coefficient (Wildman–Crippen LogP) is 3.38. The number of rotatable bonds is 5. The van der Waals surface area contributed by atoms with Crippen LogP contribution in [0.3, 0.4) is 0 Å². The summed E-state index contributed by atoms with van der Waals surface area (Å²) in [5.74, 6) is 0.117. The summed E-state index contributed by atoms with van der Waals surface area (Å²) in [6.45, 7) is 0. The standard InChI is InChI=1S/C19H17N3O2S/c23-18(21-22-19(24)17-7-4-12-20-17)15-8-10-16(11-9-15)25-13-14-5-2-1-3-6-14/h1-12,20H,13H2,(H,21,23)(H,22,24). The Hall–Kier alpha value is -2.99. The lowest BCUT2D eigenvalue weighted by Crippen LogP contribution is -2.41. The summed E-state index contributed by atoms with van der Waals surface area (Å²) >= 11 is 1.70. The topological polar surface area (TPSA) is 74.0 Å². The zero-order chi connectivity index (χ0) is 17.5. The number of thioether (sulfide) groups is 1. The minimum atomic E-state index is -0.395. The number of amides is 2. The summed E-state index contributed by atoms with van der Waals surface area (Å²) < 4.78 is 0. The first-order chi connectivity index (χ1) is 12.2. The second-order valence-electron chi connectivity index (χ2n) is 5.29. The first kappa shape index (κ1) is 16.9. The van der Waals surface area contributed by atoms with Crippen molar-refractivity contribution in [2.75, 3.05) is 0 Å². The number of carbonyl (C=O) groups excluding carboxylic acids is 2. The highest BCUT2D eigenvalue weighted by Gasteiger charge is 2.09. The molecule has 6 heteroatoms. The highest BCUT2D eigenvalue weighted by atomic mass is 32.2. The second-order valence-corrected chi connectivity index (χ2v) is 6.34. The highest BCUT2D eigenvalue weighted by molar-refractivity contribution is 7.98. The van der Waals surface area contributed by atoms with E-state index in [-0.39, 0.29) is 5.91 Å². The minimum Gasteiger partial charge on any atom is -0.357 e. The number of aromatic nitrogens is 1. The van der Waals surface area contributed by atoms with Crippen molar-refractivity contribution in [3.63, 3.8) is 0 Å². The van der Waals surface area contributed by atoms with Crippen LogP contribution in [0.1, 0.15) is 26.4 Å². The summed E-state index contributed by atoms with van der Waals surface area (Å²) in [4.78, 5) is 27.7. The molecule has 0 radical (unpaired) electrons. The van der Waals surface area contributed by atoms with Crippen molar-refractivity contribution >= 4 is 23.6 Å². The molecule has 0 saturated heterocycles. The van der Waals surface area contributed by atoms with Crippen LogP contribution < -0.4 is 10.9 Å². The van der Waals surface area contributed by atoms with Crippen molar-refractivity contribution in [3.8, 4) is 0 Å². The third-order valence-corrected chi connectivity index (χ3v) is 4.58. The molecule has 0 unspecified atom stereocenters. The average molecular weight is 351 g/mol. The molecule has 0 aliphatic heterocycles. The van der Waals surface area contributed by atoms with E-state index in [1.54, 1.807) is 42.2 Å². The quantitative estimate of drug-likeness (QED) is 0.487. The van der Waals surface area contributed by atoms with Crippen molar-refractivity contribution in [1.29, 1.82) is 0 Å². The number of H-pyrrole nitrogens is 1. The molecule has 0 fully saturated rings. The van der Waals surface area contributed by atoms with Crippen molar-refractivity contribution < 1.29 is 9.59 Å². The second kappa shape index (κ2) is 8.21. The van der Waals surface area contributed by atoms with E-state index in [9.17, 15) is 9.59 Å². The number of hydrazine groups is 1. The molecule has 0 saturated carbocycles. The molecule has 0 atom stereocenters. The summed E-state index contributed by atoms with van der Waals surface area (Å²) in [5.41, 5.74) is 6.88. The Morgan fingerprint density at radius 1 is 0.840 bits per heavy atom. The van der Waals surface area contributed by atoms with E-state index in [0.29, 0.717) is 11.3 Å². The predicted molar refractivity (Wildman–Crippen MR) is 98.2 cm³/mol. The Kier molecular flexibility index (Phi) is 5.53. The van der Waals surface area contributed by atoms with Crippen molar-refractivity contribution in [2.24, 2.45) is 0 Å². The van der Waals surface area contributed by atoms with Gasteiger partial charge in [-0.2, -0.15) is 0 Å². The molecular weight excluding hydrogens is 334 g/mol. The van der Waals surface area contributed by atoms with Crippen LogP contribution in [0.5, 0.6) is 0 Å². The van der Waals surface area contributed by atoms with Crippen LogP contribution in [-0.4, -0.2) is 16.8 Å². The SMILES string of the molecule is O=C(NNC(=O)c1ccc[nH]1)c1ccc(SCc2ccccc2)cc1. The van der Waals surface area contributed by atoms with Gasteiger partial charge in [0.15, 0.2) is 0 Å². The summed E-state index contributed by atoms with van der Waals surface area (Å²) in [6, 6.07) is 20.8. The molecule has 2 aromatic carbocycles. The highest BCUT2D eigenvalue weighted by Crippen LogP contribution is 2.22. The van der Waals surface area contributed by atoms with E-state index in [4.69, 9.17) is 0 Å². The molecule has 5 nitrogen and oxygen atoms in total. The molecule has 0 aliphatic rings. The maximum Gasteiger partial charge on any atom is 0.286 e. The molecule has 1 aromatic heterocycles. The van der Waals surface area contributed by atoms with E-state index in [1.165, 1.54) is 5.56 Å². The van der Waals surface area contributed by atoms with Gasteiger partial charge < -0.3 is 4.98 Å². The fourth-order valence-electron chi connectivity index (χ4n) is 2.17. The Morgan fingerprint density at radius 3 is 2.24 bits per heavy atom. The van der Waals surface area contributed by atoms with Crippen LogP contribution in [0.2, 0.25) is 0 Å². The van der Waals surface area contributed by atoms with E-state index in [1.807, 2.05) is 30.3 Å². The van der Waals surface area contributed by atoms with Gasteiger partial charge in [-0.1, -0.05) is 30.3 Å². The number of hydrogen-bond acceptors (Lipinski definition) is 3. The maximum absolute atomic E-state index is 12.1.